The Morgan fingerprint density at radius 1 is 1.07 bits per heavy atom. The van der Waals surface area contributed by atoms with Crippen LogP contribution >= 0.6 is 0 Å². The van der Waals surface area contributed by atoms with E-state index in [-0.39, 0.29) is 0 Å². The van der Waals surface area contributed by atoms with Crippen LogP contribution < -0.4 is 0 Å². The zero-order chi connectivity index (χ0) is 10.2. The molecule has 1 rings (SSSR count). The van der Waals surface area contributed by atoms with Crippen LogP contribution in [0.3, 0.4) is 0 Å². The number of aliphatic hydroxyl groups is 1. The molecule has 0 spiro atoms. The summed E-state index contributed by atoms with van der Waals surface area (Å²) in [5.74, 6) is 2.18. The molecular weight excluding hydrogens is 176 g/mol. The van der Waals surface area contributed by atoms with E-state index in [2.05, 4.69) is 19.1 Å². The predicted octanol–water partition coefficient (Wildman–Crippen LogP) is 2.94. The van der Waals surface area contributed by atoms with Gasteiger partial charge < -0.3 is 9.52 Å². The van der Waals surface area contributed by atoms with E-state index in [1.165, 1.54) is 6.42 Å². The summed E-state index contributed by atoms with van der Waals surface area (Å²) in [5.41, 5.74) is 0. The Hall–Kier alpha value is -0.760. The molecule has 1 heterocycles. The fraction of sp³-hybridized carbons (Fsp3) is 0.667. The number of hydrogen-bond donors (Lipinski definition) is 1. The Labute approximate surface area is 85.9 Å². The van der Waals surface area contributed by atoms with Gasteiger partial charge in [-0.2, -0.15) is 0 Å². The second-order valence-corrected chi connectivity index (χ2v) is 3.61. The second-order valence-electron chi connectivity index (χ2n) is 3.61. The molecule has 0 fully saturated rings. The second kappa shape index (κ2) is 6.66. The first-order chi connectivity index (χ1) is 6.86. The van der Waals surface area contributed by atoms with E-state index < -0.39 is 0 Å². The van der Waals surface area contributed by atoms with Gasteiger partial charge in [0.25, 0.3) is 0 Å². The molecule has 2 heteroatoms. The Bertz CT molecular complexity index is 240. The van der Waals surface area contributed by atoms with Gasteiger partial charge >= 0.3 is 0 Å². The van der Waals surface area contributed by atoms with Crippen LogP contribution in [0, 0.1) is 0 Å². The normalized spacial score (nSPS) is 10.7. The van der Waals surface area contributed by atoms with Crippen molar-refractivity contribution in [1.82, 2.24) is 0 Å². The predicted molar refractivity (Wildman–Crippen MR) is 57.3 cm³/mol. The highest BCUT2D eigenvalue weighted by atomic mass is 16.3. The van der Waals surface area contributed by atoms with Gasteiger partial charge in [0.05, 0.1) is 0 Å². The molecule has 0 saturated carbocycles. The Kier molecular flexibility index (Phi) is 5.38. The van der Waals surface area contributed by atoms with Crippen molar-refractivity contribution in [3.63, 3.8) is 0 Å². The average molecular weight is 196 g/mol. The molecule has 0 aliphatic carbocycles. The molecule has 0 saturated heterocycles. The lowest BCUT2D eigenvalue weighted by atomic mass is 10.1. The first-order valence-electron chi connectivity index (χ1n) is 5.55. The summed E-state index contributed by atoms with van der Waals surface area (Å²) < 4.78 is 5.59. The number of hydrogen-bond acceptors (Lipinski definition) is 2. The van der Waals surface area contributed by atoms with Gasteiger partial charge in [-0.1, -0.05) is 19.8 Å². The Morgan fingerprint density at radius 2 is 1.79 bits per heavy atom. The molecule has 0 amide bonds. The standard InChI is InChI=1S/C12H20O2/c1-2-11-8-9-12(14-11)7-5-3-4-6-10-13/h8-9,13H,2-7,10H2,1H3. The van der Waals surface area contributed by atoms with E-state index in [4.69, 9.17) is 9.52 Å². The maximum absolute atomic E-state index is 8.60. The number of furan rings is 1. The van der Waals surface area contributed by atoms with Gasteiger partial charge in [-0.3, -0.25) is 0 Å². The maximum Gasteiger partial charge on any atom is 0.104 e. The summed E-state index contributed by atoms with van der Waals surface area (Å²) in [7, 11) is 0. The molecule has 0 aliphatic heterocycles. The molecule has 1 aromatic rings. The molecule has 1 N–H and O–H groups in total. The number of aryl methyl sites for hydroxylation is 2. The lowest BCUT2D eigenvalue weighted by molar-refractivity contribution is 0.282. The third-order valence-corrected chi connectivity index (χ3v) is 2.40. The van der Waals surface area contributed by atoms with Gasteiger partial charge in [0.1, 0.15) is 11.5 Å². The van der Waals surface area contributed by atoms with E-state index in [0.29, 0.717) is 6.61 Å². The first kappa shape index (κ1) is 11.3. The Morgan fingerprint density at radius 3 is 2.43 bits per heavy atom. The highest BCUT2D eigenvalue weighted by molar-refractivity contribution is 5.06. The molecule has 0 atom stereocenters. The lowest BCUT2D eigenvalue weighted by Gasteiger charge is -1.97. The van der Waals surface area contributed by atoms with Gasteiger partial charge in [0.15, 0.2) is 0 Å². The summed E-state index contributed by atoms with van der Waals surface area (Å²) in [6.45, 7) is 2.42. The van der Waals surface area contributed by atoms with Gasteiger partial charge in [-0.05, 0) is 25.0 Å². The molecule has 0 aromatic carbocycles. The zero-order valence-electron chi connectivity index (χ0n) is 8.96. The van der Waals surface area contributed by atoms with Gasteiger partial charge in [-0.15, -0.1) is 0 Å². The van der Waals surface area contributed by atoms with Crippen LogP contribution in [0.25, 0.3) is 0 Å². The molecular formula is C12H20O2. The van der Waals surface area contributed by atoms with Crippen molar-refractivity contribution in [3.05, 3.63) is 23.7 Å². The van der Waals surface area contributed by atoms with E-state index in [9.17, 15) is 0 Å². The van der Waals surface area contributed by atoms with Gasteiger partial charge in [0, 0.05) is 19.4 Å². The molecule has 1 aromatic heterocycles. The SMILES string of the molecule is CCc1ccc(CCCCCCO)o1. The number of unbranched alkanes of at least 4 members (excludes halogenated alkanes) is 3. The molecule has 14 heavy (non-hydrogen) atoms. The highest BCUT2D eigenvalue weighted by Gasteiger charge is 1.99. The van der Waals surface area contributed by atoms with Gasteiger partial charge in [-0.25, -0.2) is 0 Å². The van der Waals surface area contributed by atoms with Crippen molar-refractivity contribution in [1.29, 1.82) is 0 Å². The smallest absolute Gasteiger partial charge is 0.104 e. The van der Waals surface area contributed by atoms with Crippen LogP contribution in [0.15, 0.2) is 16.5 Å². The van der Waals surface area contributed by atoms with Crippen LogP contribution in [0.2, 0.25) is 0 Å². The van der Waals surface area contributed by atoms with Crippen molar-refractivity contribution in [2.24, 2.45) is 0 Å². The van der Waals surface area contributed by atoms with Crippen molar-refractivity contribution in [3.8, 4) is 0 Å². The third-order valence-electron chi connectivity index (χ3n) is 2.40. The lowest BCUT2D eigenvalue weighted by Crippen LogP contribution is -1.86. The van der Waals surface area contributed by atoms with Crippen LogP contribution in [0.4, 0.5) is 0 Å². The van der Waals surface area contributed by atoms with Gasteiger partial charge in [0.2, 0.25) is 0 Å². The molecule has 2 nitrogen and oxygen atoms in total. The van der Waals surface area contributed by atoms with Crippen molar-refractivity contribution >= 4 is 0 Å². The van der Waals surface area contributed by atoms with E-state index >= 15 is 0 Å². The first-order valence-corrected chi connectivity index (χ1v) is 5.55. The maximum atomic E-state index is 8.60. The minimum Gasteiger partial charge on any atom is -0.466 e. The van der Waals surface area contributed by atoms with Crippen LogP contribution in [-0.4, -0.2) is 11.7 Å². The Balaban J connectivity index is 2.12. The van der Waals surface area contributed by atoms with E-state index in [1.807, 2.05) is 0 Å². The summed E-state index contributed by atoms with van der Waals surface area (Å²) >= 11 is 0. The average Bonchev–Trinajstić information content (AvgIpc) is 2.65. The molecule has 80 valence electrons. The zero-order valence-corrected chi connectivity index (χ0v) is 8.96. The molecule has 0 bridgehead atoms. The molecule has 0 unspecified atom stereocenters. The highest BCUT2D eigenvalue weighted by Crippen LogP contribution is 2.12. The number of rotatable bonds is 7. The van der Waals surface area contributed by atoms with E-state index in [1.54, 1.807) is 0 Å². The summed E-state index contributed by atoms with van der Waals surface area (Å²) in [6.07, 6.45) is 6.41. The quantitative estimate of drug-likeness (QED) is 0.680. The summed E-state index contributed by atoms with van der Waals surface area (Å²) in [4.78, 5) is 0. The summed E-state index contributed by atoms with van der Waals surface area (Å²) in [6, 6.07) is 4.13. The number of aliphatic hydroxyl groups excluding tert-OH is 1. The molecule has 0 aliphatic rings. The fourth-order valence-electron chi connectivity index (χ4n) is 1.51. The van der Waals surface area contributed by atoms with E-state index in [0.717, 1.165) is 43.6 Å². The topological polar surface area (TPSA) is 33.4 Å². The van der Waals surface area contributed by atoms with Crippen molar-refractivity contribution < 1.29 is 9.52 Å². The minimum absolute atomic E-state index is 0.320. The van der Waals surface area contributed by atoms with Crippen LogP contribution in [0.1, 0.15) is 44.1 Å². The minimum atomic E-state index is 0.320. The molecule has 0 radical (unpaired) electrons. The van der Waals surface area contributed by atoms with Crippen molar-refractivity contribution in [2.75, 3.05) is 6.61 Å². The van der Waals surface area contributed by atoms with Crippen molar-refractivity contribution in [2.45, 2.75) is 45.4 Å². The largest absolute Gasteiger partial charge is 0.466 e. The summed E-state index contributed by atoms with van der Waals surface area (Å²) in [5, 5.41) is 8.60. The monoisotopic (exact) mass is 196 g/mol. The fourth-order valence-corrected chi connectivity index (χ4v) is 1.51. The van der Waals surface area contributed by atoms with Crippen LogP contribution in [0.5, 0.6) is 0 Å². The third kappa shape index (κ3) is 3.97. The van der Waals surface area contributed by atoms with Crippen LogP contribution in [-0.2, 0) is 12.8 Å².